The van der Waals surface area contributed by atoms with Crippen molar-refractivity contribution < 1.29 is 8.76 Å². The molecule has 3 nitrogen and oxygen atoms in total. The minimum absolute atomic E-state index is 0.604. The minimum Gasteiger partial charge on any atom is -0.760 e. The van der Waals surface area contributed by atoms with E-state index in [0.29, 0.717) is 6.54 Å². The van der Waals surface area contributed by atoms with Gasteiger partial charge in [0.15, 0.2) is 0 Å². The molecule has 0 bridgehead atoms. The maximum Gasteiger partial charge on any atom is 0.0181 e. The molecule has 1 N–H and O–H groups in total. The smallest absolute Gasteiger partial charge is 0.0181 e. The van der Waals surface area contributed by atoms with Gasteiger partial charge in [0.1, 0.15) is 0 Å². The van der Waals surface area contributed by atoms with Crippen LogP contribution in [0, 0.1) is 5.92 Å². The average Bonchev–Trinajstić information content (AvgIpc) is 2.62. The molecule has 1 aliphatic rings. The van der Waals surface area contributed by atoms with E-state index in [1.165, 1.54) is 19.3 Å². The fourth-order valence-corrected chi connectivity index (χ4v) is 1.26. The molecular weight excluding hydrogens is 150 g/mol. The first-order chi connectivity index (χ1) is 4.79. The van der Waals surface area contributed by atoms with Crippen LogP contribution in [0.3, 0.4) is 0 Å². The first kappa shape index (κ1) is 8.17. The summed E-state index contributed by atoms with van der Waals surface area (Å²) in [6.45, 7) is 0.604. The van der Waals surface area contributed by atoms with E-state index >= 15 is 0 Å². The van der Waals surface area contributed by atoms with Gasteiger partial charge in [0.2, 0.25) is 0 Å². The van der Waals surface area contributed by atoms with Crippen molar-refractivity contribution in [3.8, 4) is 0 Å². The van der Waals surface area contributed by atoms with Gasteiger partial charge in [-0.3, -0.25) is 4.21 Å². The predicted octanol–water partition coefficient (Wildman–Crippen LogP) is 0.560. The maximum atomic E-state index is 9.95. The van der Waals surface area contributed by atoms with Crippen LogP contribution in [0.2, 0.25) is 0 Å². The van der Waals surface area contributed by atoms with E-state index < -0.39 is 11.3 Å². The molecule has 0 saturated heterocycles. The SMILES string of the molecule is O=S([O-])NCCCC1CC1. The zero-order valence-corrected chi connectivity index (χ0v) is 6.65. The fraction of sp³-hybridized carbons (Fsp3) is 1.00. The Morgan fingerprint density at radius 2 is 2.30 bits per heavy atom. The van der Waals surface area contributed by atoms with Crippen molar-refractivity contribution in [1.29, 1.82) is 0 Å². The molecule has 0 amide bonds. The van der Waals surface area contributed by atoms with Gasteiger partial charge in [0, 0.05) is 17.8 Å². The van der Waals surface area contributed by atoms with Gasteiger partial charge in [0.25, 0.3) is 0 Å². The zero-order chi connectivity index (χ0) is 7.40. The van der Waals surface area contributed by atoms with E-state index in [0.717, 1.165) is 12.3 Å². The van der Waals surface area contributed by atoms with Gasteiger partial charge < -0.3 is 4.55 Å². The summed E-state index contributed by atoms with van der Waals surface area (Å²) < 4.78 is 22.2. The molecule has 0 heterocycles. The Kier molecular flexibility index (Phi) is 3.31. The minimum atomic E-state index is -2.06. The summed E-state index contributed by atoms with van der Waals surface area (Å²) >= 11 is -2.06. The standard InChI is InChI=1S/C6H13NO2S/c8-10(9)7-5-1-2-6-3-4-6/h6-7H,1-5H2,(H,8,9)/p-1. The largest absolute Gasteiger partial charge is 0.760 e. The van der Waals surface area contributed by atoms with Gasteiger partial charge >= 0.3 is 0 Å². The molecule has 1 unspecified atom stereocenters. The summed E-state index contributed by atoms with van der Waals surface area (Å²) in [5.41, 5.74) is 0. The fourth-order valence-electron chi connectivity index (χ4n) is 0.953. The molecule has 0 radical (unpaired) electrons. The van der Waals surface area contributed by atoms with Crippen molar-refractivity contribution in [3.63, 3.8) is 0 Å². The van der Waals surface area contributed by atoms with E-state index in [2.05, 4.69) is 4.72 Å². The lowest BCUT2D eigenvalue weighted by Gasteiger charge is -2.05. The molecule has 0 aliphatic heterocycles. The molecule has 1 atom stereocenters. The van der Waals surface area contributed by atoms with Gasteiger partial charge in [0.05, 0.1) is 0 Å². The lowest BCUT2D eigenvalue weighted by atomic mass is 10.2. The Labute approximate surface area is 63.6 Å². The Hall–Kier alpha value is 0.0700. The van der Waals surface area contributed by atoms with E-state index in [1.54, 1.807) is 0 Å². The summed E-state index contributed by atoms with van der Waals surface area (Å²) in [6.07, 6.45) is 4.86. The molecular formula is C6H12NO2S-. The summed E-state index contributed by atoms with van der Waals surface area (Å²) in [6, 6.07) is 0. The molecule has 10 heavy (non-hydrogen) atoms. The lowest BCUT2D eigenvalue weighted by molar-refractivity contribution is 0.518. The number of nitrogens with one attached hydrogen (secondary N) is 1. The second-order valence-electron chi connectivity index (χ2n) is 2.71. The molecule has 1 saturated carbocycles. The normalized spacial score (nSPS) is 20.9. The highest BCUT2D eigenvalue weighted by molar-refractivity contribution is 7.77. The van der Waals surface area contributed by atoms with Crippen LogP contribution in [0.4, 0.5) is 0 Å². The lowest BCUT2D eigenvalue weighted by Crippen LogP contribution is -2.17. The molecule has 4 heteroatoms. The number of hydrogen-bond donors (Lipinski definition) is 1. The van der Waals surface area contributed by atoms with Crippen LogP contribution < -0.4 is 4.72 Å². The summed E-state index contributed by atoms with van der Waals surface area (Å²) in [4.78, 5) is 0. The first-order valence-electron chi connectivity index (χ1n) is 3.62. The van der Waals surface area contributed by atoms with E-state index in [-0.39, 0.29) is 0 Å². The van der Waals surface area contributed by atoms with Crippen LogP contribution in [0.5, 0.6) is 0 Å². The predicted molar refractivity (Wildman–Crippen MR) is 38.9 cm³/mol. The Morgan fingerprint density at radius 1 is 1.60 bits per heavy atom. The van der Waals surface area contributed by atoms with Crippen molar-refractivity contribution in [2.24, 2.45) is 5.92 Å². The highest BCUT2D eigenvalue weighted by Gasteiger charge is 2.19. The van der Waals surface area contributed by atoms with Gasteiger partial charge in [-0.2, -0.15) is 0 Å². The topological polar surface area (TPSA) is 52.2 Å². The van der Waals surface area contributed by atoms with Crippen LogP contribution in [-0.4, -0.2) is 15.3 Å². The number of rotatable bonds is 5. The van der Waals surface area contributed by atoms with Crippen molar-refractivity contribution >= 4 is 11.3 Å². The molecule has 0 spiro atoms. The van der Waals surface area contributed by atoms with Gasteiger partial charge in [-0.15, -0.1) is 0 Å². The van der Waals surface area contributed by atoms with Crippen LogP contribution >= 0.6 is 0 Å². The molecule has 1 rings (SSSR count). The second-order valence-corrected chi connectivity index (χ2v) is 3.47. The molecule has 0 aromatic heterocycles. The summed E-state index contributed by atoms with van der Waals surface area (Å²) in [5, 5.41) is 0. The van der Waals surface area contributed by atoms with Crippen LogP contribution in [-0.2, 0) is 11.3 Å². The highest BCUT2D eigenvalue weighted by atomic mass is 32.2. The van der Waals surface area contributed by atoms with E-state index in [9.17, 15) is 8.76 Å². The molecule has 0 aromatic rings. The number of hydrogen-bond acceptors (Lipinski definition) is 2. The molecule has 1 fully saturated rings. The van der Waals surface area contributed by atoms with Gasteiger partial charge in [-0.25, -0.2) is 4.72 Å². The molecule has 60 valence electrons. The second kappa shape index (κ2) is 4.05. The zero-order valence-electron chi connectivity index (χ0n) is 5.84. The highest BCUT2D eigenvalue weighted by Crippen LogP contribution is 2.33. The monoisotopic (exact) mass is 162 g/mol. The van der Waals surface area contributed by atoms with Crippen LogP contribution in [0.25, 0.3) is 0 Å². The third kappa shape index (κ3) is 3.98. The summed E-state index contributed by atoms with van der Waals surface area (Å²) in [5.74, 6) is 0.905. The molecule has 0 aromatic carbocycles. The average molecular weight is 162 g/mol. The van der Waals surface area contributed by atoms with Crippen LogP contribution in [0.1, 0.15) is 25.7 Å². The summed E-state index contributed by atoms with van der Waals surface area (Å²) in [7, 11) is 0. The van der Waals surface area contributed by atoms with Crippen molar-refractivity contribution in [1.82, 2.24) is 4.72 Å². The van der Waals surface area contributed by atoms with Gasteiger partial charge in [-0.1, -0.05) is 12.8 Å². The van der Waals surface area contributed by atoms with Crippen molar-refractivity contribution in [2.75, 3.05) is 6.54 Å². The Morgan fingerprint density at radius 3 is 2.80 bits per heavy atom. The maximum absolute atomic E-state index is 9.95. The quantitative estimate of drug-likeness (QED) is 0.474. The van der Waals surface area contributed by atoms with Gasteiger partial charge in [-0.05, 0) is 18.8 Å². The van der Waals surface area contributed by atoms with E-state index in [4.69, 9.17) is 0 Å². The Bertz CT molecular complexity index is 125. The van der Waals surface area contributed by atoms with E-state index in [1.807, 2.05) is 0 Å². The Balaban J connectivity index is 1.80. The van der Waals surface area contributed by atoms with Crippen molar-refractivity contribution in [3.05, 3.63) is 0 Å². The molecule has 1 aliphatic carbocycles. The third-order valence-electron chi connectivity index (χ3n) is 1.71. The van der Waals surface area contributed by atoms with Crippen LogP contribution in [0.15, 0.2) is 0 Å². The first-order valence-corrected chi connectivity index (χ1v) is 4.69. The third-order valence-corrected chi connectivity index (χ3v) is 2.15. The van der Waals surface area contributed by atoms with Crippen molar-refractivity contribution in [2.45, 2.75) is 25.7 Å².